The fraction of sp³-hybridized carbons (Fsp3) is 0.231. The van der Waals surface area contributed by atoms with Gasteiger partial charge in [-0.2, -0.15) is 5.10 Å². The second kappa shape index (κ2) is 6.62. The summed E-state index contributed by atoms with van der Waals surface area (Å²) in [5, 5.41) is 26.1. The molecule has 0 spiro atoms. The first-order valence-electron chi connectivity index (χ1n) is 6.31. The van der Waals surface area contributed by atoms with Crippen molar-refractivity contribution in [3.8, 4) is 5.69 Å². The van der Waals surface area contributed by atoms with Gasteiger partial charge >= 0.3 is 0 Å². The molecule has 0 aliphatic rings. The normalized spacial score (nSPS) is 10.3. The molecule has 0 bridgehead atoms. The fourth-order valence-corrected chi connectivity index (χ4v) is 1.71. The molecule has 110 valence electrons. The van der Waals surface area contributed by atoms with Crippen LogP contribution in [0.3, 0.4) is 0 Å². The Morgan fingerprint density at radius 3 is 2.95 bits per heavy atom. The number of nitrogens with one attached hydrogen (secondary N) is 1. The number of nitro groups is 1. The van der Waals surface area contributed by atoms with E-state index in [2.05, 4.69) is 10.4 Å². The predicted molar refractivity (Wildman–Crippen MR) is 74.3 cm³/mol. The SMILES string of the molecule is O=C(NCCCO)c1ccn(-c2cccc([N+](=O)[O-])c2)n1. The van der Waals surface area contributed by atoms with Crippen molar-refractivity contribution in [2.24, 2.45) is 0 Å². The molecule has 0 aliphatic carbocycles. The van der Waals surface area contributed by atoms with Gasteiger partial charge in [-0.3, -0.25) is 14.9 Å². The molecule has 0 radical (unpaired) electrons. The number of non-ortho nitro benzene ring substituents is 1. The quantitative estimate of drug-likeness (QED) is 0.466. The lowest BCUT2D eigenvalue weighted by Crippen LogP contribution is -2.25. The van der Waals surface area contributed by atoms with Crippen LogP contribution in [0, 0.1) is 10.1 Å². The van der Waals surface area contributed by atoms with Gasteiger partial charge in [0.1, 0.15) is 0 Å². The first-order valence-corrected chi connectivity index (χ1v) is 6.31. The van der Waals surface area contributed by atoms with Gasteiger partial charge in [-0.05, 0) is 18.6 Å². The standard InChI is InChI=1S/C13H14N4O4/c18-8-2-6-14-13(19)12-5-7-16(15-12)10-3-1-4-11(9-10)17(20)21/h1,3-5,7,9,18H,2,6,8H2,(H,14,19). The van der Waals surface area contributed by atoms with E-state index >= 15 is 0 Å². The Bertz CT molecular complexity index is 653. The second-order valence-corrected chi connectivity index (χ2v) is 4.26. The molecule has 2 aromatic rings. The molecule has 1 aromatic carbocycles. The van der Waals surface area contributed by atoms with Crippen molar-refractivity contribution in [1.29, 1.82) is 0 Å². The summed E-state index contributed by atoms with van der Waals surface area (Å²) < 4.78 is 1.40. The Kier molecular flexibility index (Phi) is 4.62. The summed E-state index contributed by atoms with van der Waals surface area (Å²) in [5.74, 6) is -0.354. The Morgan fingerprint density at radius 2 is 2.24 bits per heavy atom. The molecule has 0 saturated heterocycles. The van der Waals surface area contributed by atoms with Gasteiger partial charge in [0.05, 0.1) is 10.6 Å². The number of carbonyl (C=O) groups excluding carboxylic acids is 1. The van der Waals surface area contributed by atoms with Gasteiger partial charge in [-0.15, -0.1) is 0 Å². The highest BCUT2D eigenvalue weighted by Gasteiger charge is 2.11. The summed E-state index contributed by atoms with van der Waals surface area (Å²) in [6, 6.07) is 7.49. The maximum atomic E-state index is 11.8. The largest absolute Gasteiger partial charge is 0.396 e. The number of aromatic nitrogens is 2. The molecule has 1 aromatic heterocycles. The lowest BCUT2D eigenvalue weighted by atomic mass is 10.3. The second-order valence-electron chi connectivity index (χ2n) is 4.26. The summed E-state index contributed by atoms with van der Waals surface area (Å²) in [6.07, 6.45) is 2.03. The average Bonchev–Trinajstić information content (AvgIpc) is 2.97. The molecule has 0 unspecified atom stereocenters. The van der Waals surface area contributed by atoms with Crippen LogP contribution in [0.1, 0.15) is 16.9 Å². The number of hydrogen-bond acceptors (Lipinski definition) is 5. The van der Waals surface area contributed by atoms with Crippen molar-refractivity contribution in [2.45, 2.75) is 6.42 Å². The van der Waals surface area contributed by atoms with Crippen molar-refractivity contribution in [1.82, 2.24) is 15.1 Å². The molecule has 0 aliphatic heterocycles. The Hall–Kier alpha value is -2.74. The Balaban J connectivity index is 2.14. The molecule has 0 atom stereocenters. The molecule has 0 fully saturated rings. The number of hydrogen-bond donors (Lipinski definition) is 2. The monoisotopic (exact) mass is 290 g/mol. The van der Waals surface area contributed by atoms with Gasteiger partial charge in [-0.1, -0.05) is 6.07 Å². The van der Waals surface area contributed by atoms with Crippen LogP contribution in [-0.2, 0) is 0 Å². The van der Waals surface area contributed by atoms with E-state index in [1.54, 1.807) is 18.3 Å². The molecular formula is C13H14N4O4. The van der Waals surface area contributed by atoms with Gasteiger partial charge in [0.25, 0.3) is 11.6 Å². The highest BCUT2D eigenvalue weighted by molar-refractivity contribution is 5.92. The molecular weight excluding hydrogens is 276 g/mol. The van der Waals surface area contributed by atoms with E-state index in [0.29, 0.717) is 18.7 Å². The van der Waals surface area contributed by atoms with E-state index in [1.165, 1.54) is 22.9 Å². The maximum absolute atomic E-state index is 11.8. The number of aliphatic hydroxyl groups is 1. The summed E-state index contributed by atoms with van der Waals surface area (Å²) in [7, 11) is 0. The van der Waals surface area contributed by atoms with E-state index in [4.69, 9.17) is 5.11 Å². The van der Waals surface area contributed by atoms with Crippen LogP contribution in [0.5, 0.6) is 0 Å². The molecule has 21 heavy (non-hydrogen) atoms. The van der Waals surface area contributed by atoms with Gasteiger partial charge in [0, 0.05) is 31.5 Å². The summed E-state index contributed by atoms with van der Waals surface area (Å²) >= 11 is 0. The number of nitro benzene ring substituents is 1. The zero-order valence-electron chi connectivity index (χ0n) is 11.1. The minimum absolute atomic E-state index is 0.00238. The van der Waals surface area contributed by atoms with Crippen LogP contribution in [0.25, 0.3) is 5.69 Å². The van der Waals surface area contributed by atoms with Gasteiger partial charge in [0.15, 0.2) is 5.69 Å². The van der Waals surface area contributed by atoms with Crippen molar-refractivity contribution < 1.29 is 14.8 Å². The van der Waals surface area contributed by atoms with E-state index in [1.807, 2.05) is 0 Å². The number of amides is 1. The van der Waals surface area contributed by atoms with Crippen LogP contribution in [0.4, 0.5) is 5.69 Å². The Labute approximate surface area is 120 Å². The molecule has 8 heteroatoms. The van der Waals surface area contributed by atoms with E-state index in [-0.39, 0.29) is 23.9 Å². The third-order valence-electron chi connectivity index (χ3n) is 2.75. The van der Waals surface area contributed by atoms with Crippen LogP contribution >= 0.6 is 0 Å². The third-order valence-corrected chi connectivity index (χ3v) is 2.75. The number of aliphatic hydroxyl groups excluding tert-OH is 1. The molecule has 0 saturated carbocycles. The lowest BCUT2D eigenvalue weighted by molar-refractivity contribution is -0.384. The number of benzene rings is 1. The first kappa shape index (κ1) is 14.7. The van der Waals surface area contributed by atoms with Gasteiger partial charge < -0.3 is 10.4 Å². The molecule has 1 heterocycles. The molecule has 1 amide bonds. The highest BCUT2D eigenvalue weighted by Crippen LogP contribution is 2.16. The first-order chi connectivity index (χ1) is 10.1. The zero-order valence-corrected chi connectivity index (χ0v) is 11.1. The minimum Gasteiger partial charge on any atom is -0.396 e. The van der Waals surface area contributed by atoms with Crippen molar-refractivity contribution in [3.05, 3.63) is 52.3 Å². The van der Waals surface area contributed by atoms with Crippen molar-refractivity contribution in [3.63, 3.8) is 0 Å². The molecule has 2 rings (SSSR count). The van der Waals surface area contributed by atoms with Crippen LogP contribution in [-0.4, -0.2) is 38.9 Å². The van der Waals surface area contributed by atoms with Crippen LogP contribution in [0.2, 0.25) is 0 Å². The predicted octanol–water partition coefficient (Wildman–Crippen LogP) is 0.893. The highest BCUT2D eigenvalue weighted by atomic mass is 16.6. The van der Waals surface area contributed by atoms with Crippen molar-refractivity contribution in [2.75, 3.05) is 13.2 Å². The lowest BCUT2D eigenvalue weighted by Gasteiger charge is -2.02. The summed E-state index contributed by atoms with van der Waals surface area (Å²) in [6.45, 7) is 0.363. The van der Waals surface area contributed by atoms with E-state index < -0.39 is 4.92 Å². The number of nitrogens with zero attached hydrogens (tertiary/aromatic N) is 3. The van der Waals surface area contributed by atoms with E-state index in [9.17, 15) is 14.9 Å². The third kappa shape index (κ3) is 3.63. The van der Waals surface area contributed by atoms with Crippen LogP contribution < -0.4 is 5.32 Å². The average molecular weight is 290 g/mol. The topological polar surface area (TPSA) is 110 Å². The fourth-order valence-electron chi connectivity index (χ4n) is 1.71. The zero-order chi connectivity index (χ0) is 15.2. The van der Waals surface area contributed by atoms with Crippen molar-refractivity contribution >= 4 is 11.6 Å². The smallest absolute Gasteiger partial charge is 0.271 e. The number of carbonyl (C=O) groups is 1. The summed E-state index contributed by atoms with van der Waals surface area (Å²) in [4.78, 5) is 22.0. The minimum atomic E-state index is -0.491. The summed E-state index contributed by atoms with van der Waals surface area (Å²) in [5.41, 5.74) is 0.662. The van der Waals surface area contributed by atoms with E-state index in [0.717, 1.165) is 0 Å². The van der Waals surface area contributed by atoms with Crippen LogP contribution in [0.15, 0.2) is 36.5 Å². The van der Waals surface area contributed by atoms with Gasteiger partial charge in [0.2, 0.25) is 0 Å². The number of rotatable bonds is 6. The molecule has 2 N–H and O–H groups in total. The molecule has 8 nitrogen and oxygen atoms in total. The maximum Gasteiger partial charge on any atom is 0.271 e. The Morgan fingerprint density at radius 1 is 1.43 bits per heavy atom. The van der Waals surface area contributed by atoms with Gasteiger partial charge in [-0.25, -0.2) is 4.68 Å².